The maximum absolute atomic E-state index is 14.9. The van der Waals surface area contributed by atoms with Gasteiger partial charge in [0, 0.05) is 49.2 Å². The number of nitriles is 1. The lowest BCUT2D eigenvalue weighted by molar-refractivity contribution is 0.0223. The number of benzene rings is 2. The number of alkyl carbamates (subject to hydrolysis) is 1. The summed E-state index contributed by atoms with van der Waals surface area (Å²) in [7, 11) is 1.43. The molecular formula is C34H44FN5O2. The lowest BCUT2D eigenvalue weighted by Crippen LogP contribution is -2.60. The van der Waals surface area contributed by atoms with Crippen LogP contribution in [0.4, 0.5) is 14.9 Å². The first kappa shape index (κ1) is 28.9. The van der Waals surface area contributed by atoms with Gasteiger partial charge in [-0.2, -0.15) is 5.26 Å². The molecule has 1 aliphatic carbocycles. The number of carbonyl (C=O) groups excluding carboxylic acids is 1. The van der Waals surface area contributed by atoms with Crippen molar-refractivity contribution in [1.82, 2.24) is 15.1 Å². The van der Waals surface area contributed by atoms with E-state index in [1.54, 1.807) is 12.1 Å². The van der Waals surface area contributed by atoms with Gasteiger partial charge in [-0.3, -0.25) is 0 Å². The molecule has 4 aliphatic rings. The second kappa shape index (κ2) is 12.6. The smallest absolute Gasteiger partial charge is 0.407 e. The van der Waals surface area contributed by atoms with Gasteiger partial charge in [0.15, 0.2) is 0 Å². The number of methoxy groups -OCH3 is 1. The van der Waals surface area contributed by atoms with Crippen LogP contribution < -0.4 is 10.2 Å². The number of halogens is 1. The number of hydrogen-bond acceptors (Lipinski definition) is 6. The third-order valence-corrected chi connectivity index (χ3v) is 10.6. The molecular weight excluding hydrogens is 529 g/mol. The number of rotatable bonds is 9. The van der Waals surface area contributed by atoms with Crippen LogP contribution in [0.5, 0.6) is 0 Å². The molecule has 1 amide bonds. The van der Waals surface area contributed by atoms with Crippen LogP contribution in [-0.4, -0.2) is 81.4 Å². The van der Waals surface area contributed by atoms with Gasteiger partial charge in [-0.15, -0.1) is 0 Å². The highest BCUT2D eigenvalue weighted by molar-refractivity contribution is 5.67. The topological polar surface area (TPSA) is 71.8 Å². The molecule has 4 fully saturated rings. The van der Waals surface area contributed by atoms with Gasteiger partial charge in [-0.1, -0.05) is 18.6 Å². The van der Waals surface area contributed by atoms with E-state index >= 15 is 0 Å². The van der Waals surface area contributed by atoms with E-state index in [-0.39, 0.29) is 29.3 Å². The monoisotopic (exact) mass is 573 g/mol. The maximum atomic E-state index is 14.9. The molecule has 3 aliphatic heterocycles. The van der Waals surface area contributed by atoms with Crippen LogP contribution in [0.25, 0.3) is 0 Å². The largest absolute Gasteiger partial charge is 0.453 e. The number of nitrogens with one attached hydrogen (secondary N) is 1. The van der Waals surface area contributed by atoms with Gasteiger partial charge in [0.25, 0.3) is 0 Å². The van der Waals surface area contributed by atoms with Crippen molar-refractivity contribution in [3.8, 4) is 6.07 Å². The van der Waals surface area contributed by atoms with Gasteiger partial charge >= 0.3 is 6.09 Å². The van der Waals surface area contributed by atoms with Crippen molar-refractivity contribution >= 4 is 11.8 Å². The minimum Gasteiger partial charge on any atom is -0.453 e. The predicted octanol–water partition coefficient (Wildman–Crippen LogP) is 5.01. The Morgan fingerprint density at radius 2 is 1.79 bits per heavy atom. The van der Waals surface area contributed by atoms with Crippen molar-refractivity contribution in [3.05, 3.63) is 65.5 Å². The molecule has 0 spiro atoms. The number of ether oxygens (including phenoxy) is 1. The molecule has 0 bridgehead atoms. The van der Waals surface area contributed by atoms with Crippen LogP contribution >= 0.6 is 0 Å². The number of hydrogen-bond donors (Lipinski definition) is 1. The van der Waals surface area contributed by atoms with E-state index in [4.69, 9.17) is 10.00 Å². The number of anilines is 1. The third kappa shape index (κ3) is 5.87. The first-order valence-corrected chi connectivity index (χ1v) is 15.8. The zero-order valence-corrected chi connectivity index (χ0v) is 24.8. The molecule has 3 heterocycles. The number of amides is 1. The molecule has 8 heteroatoms. The van der Waals surface area contributed by atoms with Crippen molar-refractivity contribution in [2.24, 2.45) is 17.8 Å². The van der Waals surface area contributed by atoms with E-state index in [0.717, 1.165) is 90.0 Å². The molecule has 1 saturated carbocycles. The lowest BCUT2D eigenvalue weighted by atomic mass is 9.57. The number of piperidine rings is 1. The fourth-order valence-corrected chi connectivity index (χ4v) is 8.38. The Morgan fingerprint density at radius 1 is 1.02 bits per heavy atom. The second-order valence-electron chi connectivity index (χ2n) is 13.0. The summed E-state index contributed by atoms with van der Waals surface area (Å²) in [4.78, 5) is 20.0. The van der Waals surface area contributed by atoms with Gasteiger partial charge in [-0.25, -0.2) is 9.18 Å². The molecule has 7 nitrogen and oxygen atoms in total. The summed E-state index contributed by atoms with van der Waals surface area (Å²) in [5, 5.41) is 12.3. The van der Waals surface area contributed by atoms with Crippen molar-refractivity contribution < 1.29 is 13.9 Å². The van der Waals surface area contributed by atoms with Crippen molar-refractivity contribution in [3.63, 3.8) is 0 Å². The Hall–Kier alpha value is -3.15. The van der Waals surface area contributed by atoms with Gasteiger partial charge in [0.1, 0.15) is 5.82 Å². The molecule has 3 unspecified atom stereocenters. The Bertz CT molecular complexity index is 1260. The van der Waals surface area contributed by atoms with Gasteiger partial charge in [-0.05, 0) is 112 Å². The van der Waals surface area contributed by atoms with Crippen molar-refractivity contribution in [2.45, 2.75) is 50.0 Å². The fourth-order valence-electron chi connectivity index (χ4n) is 8.38. The summed E-state index contributed by atoms with van der Waals surface area (Å²) in [5.41, 5.74) is 2.78. The molecule has 3 saturated heterocycles. The Morgan fingerprint density at radius 3 is 2.43 bits per heavy atom. The molecule has 6 rings (SSSR count). The van der Waals surface area contributed by atoms with E-state index in [0.29, 0.717) is 17.4 Å². The highest BCUT2D eigenvalue weighted by Gasteiger charge is 2.53. The van der Waals surface area contributed by atoms with Crippen LogP contribution in [0.15, 0.2) is 48.5 Å². The van der Waals surface area contributed by atoms with Crippen LogP contribution in [0.2, 0.25) is 0 Å². The summed E-state index contributed by atoms with van der Waals surface area (Å²) < 4.78 is 19.9. The molecule has 1 N–H and O–H groups in total. The maximum Gasteiger partial charge on any atom is 0.407 e. The Balaban J connectivity index is 1.17. The SMILES string of the molecule is COC(=O)NC1CCCC1C(CN1CCC1)(c1cccc(F)c1)C1CCN(CC2CN(c3ccc(C#N)cc3)C2)CC1. The fraction of sp³-hybridized carbons (Fsp3) is 0.588. The van der Waals surface area contributed by atoms with Crippen molar-refractivity contribution in [1.29, 1.82) is 5.26 Å². The van der Waals surface area contributed by atoms with E-state index in [9.17, 15) is 9.18 Å². The minimum atomic E-state index is -0.366. The number of nitrogens with zero attached hydrogens (tertiary/aromatic N) is 4. The van der Waals surface area contributed by atoms with Gasteiger partial charge < -0.3 is 24.8 Å². The van der Waals surface area contributed by atoms with Crippen LogP contribution in [0.3, 0.4) is 0 Å². The average Bonchev–Trinajstić information content (AvgIpc) is 3.43. The van der Waals surface area contributed by atoms with Crippen LogP contribution in [0, 0.1) is 34.9 Å². The first-order chi connectivity index (χ1) is 20.5. The molecule has 42 heavy (non-hydrogen) atoms. The molecule has 224 valence electrons. The van der Waals surface area contributed by atoms with Crippen molar-refractivity contribution in [2.75, 3.05) is 64.4 Å². The summed E-state index contributed by atoms with van der Waals surface area (Å²) in [6.07, 6.45) is 6.05. The van der Waals surface area contributed by atoms with E-state index in [1.807, 2.05) is 18.2 Å². The van der Waals surface area contributed by atoms with E-state index in [2.05, 4.69) is 44.3 Å². The molecule has 0 radical (unpaired) electrons. The summed E-state index contributed by atoms with van der Waals surface area (Å²) >= 11 is 0. The van der Waals surface area contributed by atoms with Gasteiger partial charge in [0.05, 0.1) is 18.7 Å². The first-order valence-electron chi connectivity index (χ1n) is 15.8. The van der Waals surface area contributed by atoms with Crippen LogP contribution in [0.1, 0.15) is 49.7 Å². The normalized spacial score (nSPS) is 25.2. The molecule has 2 aromatic rings. The number of likely N-dealkylation sites (tertiary alicyclic amines) is 2. The number of carbonyl (C=O) groups is 1. The van der Waals surface area contributed by atoms with E-state index in [1.165, 1.54) is 19.2 Å². The molecule has 0 aromatic heterocycles. The zero-order chi connectivity index (χ0) is 29.1. The minimum absolute atomic E-state index is 0.0307. The average molecular weight is 574 g/mol. The van der Waals surface area contributed by atoms with Gasteiger partial charge in [0.2, 0.25) is 0 Å². The highest BCUT2D eigenvalue weighted by atomic mass is 19.1. The summed E-state index contributed by atoms with van der Waals surface area (Å²) in [5.74, 6) is 1.13. The highest BCUT2D eigenvalue weighted by Crippen LogP contribution is 2.51. The predicted molar refractivity (Wildman–Crippen MR) is 162 cm³/mol. The third-order valence-electron chi connectivity index (χ3n) is 10.6. The Labute approximate surface area is 249 Å². The Kier molecular flexibility index (Phi) is 8.69. The standard InChI is InChI=1S/C34H44FN5O2/c1-42-33(41)37-32-8-3-7-31(32)34(24-39-15-4-16-39,28-5-2-6-29(35)19-28)27-13-17-38(18-14-27)21-26-22-40(23-26)30-11-9-25(20-36)10-12-30/h2,5-6,9-12,19,26-27,31-32H,3-4,7-8,13-18,21-24H2,1H3,(H,37,41). The lowest BCUT2D eigenvalue weighted by Gasteiger charge is -2.54. The zero-order valence-electron chi connectivity index (χ0n) is 24.8. The second-order valence-corrected chi connectivity index (χ2v) is 13.0. The molecule has 3 atom stereocenters. The van der Waals surface area contributed by atoms with E-state index < -0.39 is 0 Å². The van der Waals surface area contributed by atoms with Crippen LogP contribution in [-0.2, 0) is 10.2 Å². The quantitative estimate of drug-likeness (QED) is 0.455. The summed E-state index contributed by atoms with van der Waals surface area (Å²) in [6.45, 7) is 8.42. The molecule has 2 aromatic carbocycles. The summed E-state index contributed by atoms with van der Waals surface area (Å²) in [6, 6.07) is 17.5.